The normalized spacial score (nSPS) is 32.8. The van der Waals surface area contributed by atoms with E-state index in [-0.39, 0.29) is 0 Å². The van der Waals surface area contributed by atoms with Crippen molar-refractivity contribution in [3.63, 3.8) is 0 Å². The first-order valence-corrected chi connectivity index (χ1v) is 7.29. The second-order valence-corrected chi connectivity index (χ2v) is 5.82. The quantitative estimate of drug-likeness (QED) is 0.792. The van der Waals surface area contributed by atoms with E-state index in [4.69, 9.17) is 4.74 Å². The summed E-state index contributed by atoms with van der Waals surface area (Å²) in [6, 6.07) is 0.671. The third-order valence-electron chi connectivity index (χ3n) is 4.36. The zero-order chi connectivity index (χ0) is 12.1. The highest BCUT2D eigenvalue weighted by Gasteiger charge is 2.25. The highest BCUT2D eigenvalue weighted by molar-refractivity contribution is 4.81. The number of hydrogen-bond acceptors (Lipinski definition) is 3. The van der Waals surface area contributed by atoms with Crippen LogP contribution in [0.2, 0.25) is 0 Å². The zero-order valence-corrected chi connectivity index (χ0v) is 11.5. The van der Waals surface area contributed by atoms with Gasteiger partial charge in [-0.05, 0) is 57.7 Å². The fourth-order valence-corrected chi connectivity index (χ4v) is 3.27. The van der Waals surface area contributed by atoms with E-state index in [0.717, 1.165) is 25.0 Å². The van der Waals surface area contributed by atoms with Gasteiger partial charge in [-0.25, -0.2) is 0 Å². The molecule has 3 unspecified atom stereocenters. The minimum Gasteiger partial charge on any atom is -0.381 e. The molecule has 0 saturated carbocycles. The number of ether oxygens (including phenoxy) is 1. The molecule has 0 radical (unpaired) electrons. The minimum absolute atomic E-state index is 0.671. The molecule has 17 heavy (non-hydrogen) atoms. The first-order valence-electron chi connectivity index (χ1n) is 7.29. The van der Waals surface area contributed by atoms with Gasteiger partial charge in [0.2, 0.25) is 0 Å². The zero-order valence-electron chi connectivity index (χ0n) is 11.5. The van der Waals surface area contributed by atoms with Gasteiger partial charge in [0, 0.05) is 19.2 Å². The van der Waals surface area contributed by atoms with E-state index in [0.29, 0.717) is 6.04 Å². The van der Waals surface area contributed by atoms with E-state index < -0.39 is 0 Å². The van der Waals surface area contributed by atoms with Crippen LogP contribution in [0.15, 0.2) is 0 Å². The van der Waals surface area contributed by atoms with Gasteiger partial charge in [0.25, 0.3) is 0 Å². The van der Waals surface area contributed by atoms with Crippen molar-refractivity contribution < 1.29 is 4.74 Å². The molecule has 100 valence electrons. The van der Waals surface area contributed by atoms with Crippen LogP contribution in [0.3, 0.4) is 0 Å². The van der Waals surface area contributed by atoms with Crippen LogP contribution in [0.1, 0.15) is 32.6 Å². The van der Waals surface area contributed by atoms with Crippen LogP contribution in [-0.2, 0) is 4.74 Å². The molecule has 0 aromatic carbocycles. The average molecular weight is 240 g/mol. The van der Waals surface area contributed by atoms with Gasteiger partial charge in [0.15, 0.2) is 0 Å². The summed E-state index contributed by atoms with van der Waals surface area (Å²) < 4.78 is 5.50. The number of rotatable bonds is 5. The second-order valence-electron chi connectivity index (χ2n) is 5.82. The molecule has 2 aliphatic rings. The predicted octanol–water partition coefficient (Wildman–Crippen LogP) is 1.73. The maximum Gasteiger partial charge on any atom is 0.0509 e. The Morgan fingerprint density at radius 3 is 2.94 bits per heavy atom. The molecule has 0 bridgehead atoms. The summed E-state index contributed by atoms with van der Waals surface area (Å²) in [5, 5.41) is 3.79. The van der Waals surface area contributed by atoms with Crippen molar-refractivity contribution in [2.75, 3.05) is 39.9 Å². The molecule has 0 aliphatic carbocycles. The fourth-order valence-electron chi connectivity index (χ4n) is 3.27. The Bertz CT molecular complexity index is 216. The fraction of sp³-hybridized carbons (Fsp3) is 1.00. The summed E-state index contributed by atoms with van der Waals surface area (Å²) in [5.74, 6) is 1.60. The highest BCUT2D eigenvalue weighted by Crippen LogP contribution is 2.20. The van der Waals surface area contributed by atoms with Crippen molar-refractivity contribution in [2.45, 2.75) is 38.6 Å². The first-order chi connectivity index (χ1) is 8.29. The molecule has 3 atom stereocenters. The molecule has 2 saturated heterocycles. The lowest BCUT2D eigenvalue weighted by atomic mass is 9.94. The van der Waals surface area contributed by atoms with Crippen molar-refractivity contribution in [3.8, 4) is 0 Å². The van der Waals surface area contributed by atoms with Crippen LogP contribution in [0.25, 0.3) is 0 Å². The second kappa shape index (κ2) is 6.72. The van der Waals surface area contributed by atoms with Crippen LogP contribution in [0, 0.1) is 11.8 Å². The number of nitrogens with one attached hydrogen (secondary N) is 1. The van der Waals surface area contributed by atoms with E-state index in [2.05, 4.69) is 24.2 Å². The minimum atomic E-state index is 0.671. The van der Waals surface area contributed by atoms with Gasteiger partial charge in [0.05, 0.1) is 6.61 Å². The SMILES string of the molecule is CCC(NCC1CCCN(C)C1)C1CCOC1. The molecule has 2 aliphatic heterocycles. The molecule has 1 N–H and O–H groups in total. The molecule has 2 rings (SSSR count). The lowest BCUT2D eigenvalue weighted by Crippen LogP contribution is -2.43. The molecule has 2 fully saturated rings. The Morgan fingerprint density at radius 2 is 2.29 bits per heavy atom. The average Bonchev–Trinajstić information content (AvgIpc) is 2.84. The Morgan fingerprint density at radius 1 is 1.41 bits per heavy atom. The van der Waals surface area contributed by atoms with Crippen molar-refractivity contribution in [2.24, 2.45) is 11.8 Å². The maximum absolute atomic E-state index is 5.50. The van der Waals surface area contributed by atoms with Crippen LogP contribution >= 0.6 is 0 Å². The predicted molar refractivity (Wildman–Crippen MR) is 71.2 cm³/mol. The van der Waals surface area contributed by atoms with Gasteiger partial charge in [-0.1, -0.05) is 6.92 Å². The molecule has 2 heterocycles. The first kappa shape index (κ1) is 13.3. The summed E-state index contributed by atoms with van der Waals surface area (Å²) in [4.78, 5) is 2.47. The smallest absolute Gasteiger partial charge is 0.0509 e. The van der Waals surface area contributed by atoms with Gasteiger partial charge < -0.3 is 15.0 Å². The van der Waals surface area contributed by atoms with Crippen molar-refractivity contribution >= 4 is 0 Å². The molecule has 0 spiro atoms. The summed E-state index contributed by atoms with van der Waals surface area (Å²) in [6.45, 7) is 7.97. The van der Waals surface area contributed by atoms with E-state index in [1.807, 2.05) is 0 Å². The lowest BCUT2D eigenvalue weighted by Gasteiger charge is -2.32. The third kappa shape index (κ3) is 3.94. The summed E-state index contributed by atoms with van der Waals surface area (Å²) in [7, 11) is 2.24. The van der Waals surface area contributed by atoms with Crippen molar-refractivity contribution in [1.29, 1.82) is 0 Å². The molecule has 0 amide bonds. The largest absolute Gasteiger partial charge is 0.381 e. The molecular formula is C14H28N2O. The van der Waals surface area contributed by atoms with Crippen LogP contribution < -0.4 is 5.32 Å². The van der Waals surface area contributed by atoms with E-state index in [1.165, 1.54) is 45.3 Å². The molecule has 0 aromatic rings. The van der Waals surface area contributed by atoms with Crippen molar-refractivity contribution in [3.05, 3.63) is 0 Å². The van der Waals surface area contributed by atoms with Crippen molar-refractivity contribution in [1.82, 2.24) is 10.2 Å². The maximum atomic E-state index is 5.50. The van der Waals surface area contributed by atoms with E-state index in [9.17, 15) is 0 Å². The van der Waals surface area contributed by atoms with Gasteiger partial charge in [-0.15, -0.1) is 0 Å². The number of hydrogen-bond donors (Lipinski definition) is 1. The van der Waals surface area contributed by atoms with E-state index in [1.54, 1.807) is 0 Å². The van der Waals surface area contributed by atoms with Gasteiger partial charge in [-0.3, -0.25) is 0 Å². The molecule has 3 nitrogen and oxygen atoms in total. The Kier molecular flexibility index (Phi) is 5.26. The molecular weight excluding hydrogens is 212 g/mol. The monoisotopic (exact) mass is 240 g/mol. The summed E-state index contributed by atoms with van der Waals surface area (Å²) in [6.07, 6.45) is 5.24. The Balaban J connectivity index is 1.71. The van der Waals surface area contributed by atoms with Crippen LogP contribution in [0.5, 0.6) is 0 Å². The highest BCUT2D eigenvalue weighted by atomic mass is 16.5. The van der Waals surface area contributed by atoms with Crippen LogP contribution in [0.4, 0.5) is 0 Å². The lowest BCUT2D eigenvalue weighted by molar-refractivity contribution is 0.168. The number of nitrogens with zero attached hydrogens (tertiary/aromatic N) is 1. The summed E-state index contributed by atoms with van der Waals surface area (Å²) >= 11 is 0. The van der Waals surface area contributed by atoms with Gasteiger partial charge >= 0.3 is 0 Å². The van der Waals surface area contributed by atoms with Gasteiger partial charge in [-0.2, -0.15) is 0 Å². The Hall–Kier alpha value is -0.120. The number of likely N-dealkylation sites (tertiary alicyclic amines) is 1. The standard InChI is InChI=1S/C14H28N2O/c1-3-14(13-6-8-17-11-13)15-9-12-5-4-7-16(2)10-12/h12-15H,3-11H2,1-2H3. The van der Waals surface area contributed by atoms with Crippen LogP contribution in [-0.4, -0.2) is 50.8 Å². The molecule has 3 heteroatoms. The summed E-state index contributed by atoms with van der Waals surface area (Å²) in [5.41, 5.74) is 0. The number of piperidine rings is 1. The third-order valence-corrected chi connectivity index (χ3v) is 4.36. The topological polar surface area (TPSA) is 24.5 Å². The van der Waals surface area contributed by atoms with E-state index >= 15 is 0 Å². The van der Waals surface area contributed by atoms with Gasteiger partial charge in [0.1, 0.15) is 0 Å². The Labute approximate surface area is 106 Å². The molecule has 0 aromatic heterocycles.